The quantitative estimate of drug-likeness (QED) is 0.0394. The first-order valence-electron chi connectivity index (χ1n) is 35.7. The molecule has 0 aliphatic carbocycles. The fraction of sp³-hybridized carbons (Fsp3) is 0.763. The third-order valence-electron chi connectivity index (χ3n) is 17.3. The van der Waals surface area contributed by atoms with Crippen LogP contribution >= 0.6 is 0 Å². The lowest BCUT2D eigenvalue weighted by molar-refractivity contribution is 0.103. The molecule has 2 N–H and O–H groups in total. The highest BCUT2D eigenvalue weighted by molar-refractivity contribution is 6.05. The Kier molecular flexibility index (Phi) is 51.4. The van der Waals surface area contributed by atoms with Crippen molar-refractivity contribution in [1.29, 1.82) is 0 Å². The van der Waals surface area contributed by atoms with Crippen LogP contribution in [0.25, 0.3) is 0 Å². The highest BCUT2D eigenvalue weighted by Gasteiger charge is 2.11. The van der Waals surface area contributed by atoms with Crippen LogP contribution in [0.15, 0.2) is 61.0 Å². The van der Waals surface area contributed by atoms with Crippen molar-refractivity contribution in [3.63, 3.8) is 0 Å². The fourth-order valence-corrected chi connectivity index (χ4v) is 11.9. The van der Waals surface area contributed by atoms with Gasteiger partial charge in [0, 0.05) is 48.8 Å². The Labute approximate surface area is 498 Å². The van der Waals surface area contributed by atoms with Gasteiger partial charge in [0.2, 0.25) is 0 Å². The highest BCUT2D eigenvalue weighted by atomic mass is 16.1. The average molecular weight is 1110 g/mol. The van der Waals surface area contributed by atoms with Crippen LogP contribution in [0.1, 0.15) is 379 Å². The summed E-state index contributed by atoms with van der Waals surface area (Å²) in [6.45, 7) is 10.5. The second kappa shape index (κ2) is 56.3. The summed E-state index contributed by atoms with van der Waals surface area (Å²) in [6.07, 6.45) is 76.9. The Morgan fingerprint density at radius 3 is 0.700 bits per heavy atom. The second-order valence-electron chi connectivity index (χ2n) is 24.8. The summed E-state index contributed by atoms with van der Waals surface area (Å²) < 4.78 is 0. The number of carbonyl (C=O) groups excluding carboxylic acids is 2. The smallest absolute Gasteiger partial charge is 0.187 e. The van der Waals surface area contributed by atoms with Gasteiger partial charge in [-0.15, -0.1) is 0 Å². The predicted molar refractivity (Wildman–Crippen MR) is 355 cm³/mol. The summed E-state index contributed by atoms with van der Waals surface area (Å²) in [5.41, 5.74) is 7.27. The van der Waals surface area contributed by atoms with E-state index in [1.54, 1.807) is 24.6 Å². The third-order valence-corrected chi connectivity index (χ3v) is 17.3. The maximum Gasteiger partial charge on any atom is 0.187 e. The molecule has 0 aromatic heterocycles. The van der Waals surface area contributed by atoms with Crippen LogP contribution < -0.4 is 10.6 Å². The number of benzene rings is 2. The maximum absolute atomic E-state index is 13.5. The van der Waals surface area contributed by atoms with Gasteiger partial charge in [-0.25, -0.2) is 0 Å². The van der Waals surface area contributed by atoms with Gasteiger partial charge in [-0.3, -0.25) is 9.59 Å². The highest BCUT2D eigenvalue weighted by Crippen LogP contribution is 2.24. The summed E-state index contributed by atoms with van der Waals surface area (Å²) in [4.78, 5) is 26.9. The lowest BCUT2D eigenvalue weighted by Gasteiger charge is -2.12. The molecule has 0 unspecified atom stereocenters. The van der Waals surface area contributed by atoms with Gasteiger partial charge in [0.25, 0.3) is 0 Å². The molecule has 458 valence electrons. The van der Waals surface area contributed by atoms with E-state index in [1.165, 1.54) is 330 Å². The number of ketones is 2. The molecule has 80 heavy (non-hydrogen) atoms. The van der Waals surface area contributed by atoms with Crippen molar-refractivity contribution in [3.8, 4) is 0 Å². The summed E-state index contributed by atoms with van der Waals surface area (Å²) in [7, 11) is 0. The van der Waals surface area contributed by atoms with E-state index in [4.69, 9.17) is 0 Å². The van der Waals surface area contributed by atoms with Crippen LogP contribution in [0.3, 0.4) is 0 Å². The van der Waals surface area contributed by atoms with E-state index in [0.29, 0.717) is 13.1 Å². The Balaban J connectivity index is 1.86. The Morgan fingerprint density at radius 2 is 0.475 bits per heavy atom. The minimum Gasteiger partial charge on any atom is -0.389 e. The second-order valence-corrected chi connectivity index (χ2v) is 24.8. The summed E-state index contributed by atoms with van der Waals surface area (Å²) in [6, 6.07) is 13.1. The van der Waals surface area contributed by atoms with E-state index in [1.807, 2.05) is 0 Å². The van der Waals surface area contributed by atoms with Crippen LogP contribution in [0.5, 0.6) is 0 Å². The zero-order chi connectivity index (χ0) is 57.3. The number of unbranched alkanes of at least 4 members (excludes halogenated alkanes) is 44. The average Bonchev–Trinajstić information content (AvgIpc) is 3.47. The predicted octanol–water partition coefficient (Wildman–Crippen LogP) is 23.9. The van der Waals surface area contributed by atoms with Crippen LogP contribution in [0, 0.1) is 0 Å². The maximum atomic E-state index is 13.5. The van der Waals surface area contributed by atoms with Crippen LogP contribution in [-0.2, 0) is 25.7 Å². The molecule has 0 aliphatic rings. The van der Waals surface area contributed by atoms with Crippen molar-refractivity contribution in [2.75, 3.05) is 13.1 Å². The number of hydrogen-bond donors (Lipinski definition) is 2. The molecule has 0 saturated heterocycles. The minimum absolute atomic E-state index is 0.0575. The first-order valence-corrected chi connectivity index (χ1v) is 35.7. The van der Waals surface area contributed by atoms with E-state index in [2.05, 4.69) is 74.7 Å². The molecule has 0 amide bonds. The summed E-state index contributed by atoms with van der Waals surface area (Å²) in [5.74, 6) is 0.115. The normalized spacial score (nSPS) is 11.7. The van der Waals surface area contributed by atoms with E-state index in [9.17, 15) is 9.59 Å². The van der Waals surface area contributed by atoms with Crippen molar-refractivity contribution >= 4 is 11.6 Å². The van der Waals surface area contributed by atoms with Gasteiger partial charge in [-0.1, -0.05) is 334 Å². The molecule has 4 heteroatoms. The van der Waals surface area contributed by atoms with E-state index >= 15 is 0 Å². The van der Waals surface area contributed by atoms with Crippen molar-refractivity contribution in [2.24, 2.45) is 0 Å². The van der Waals surface area contributed by atoms with Crippen molar-refractivity contribution in [1.82, 2.24) is 10.6 Å². The van der Waals surface area contributed by atoms with Crippen LogP contribution in [0.4, 0.5) is 0 Å². The topological polar surface area (TPSA) is 58.2 Å². The van der Waals surface area contributed by atoms with Crippen molar-refractivity contribution in [3.05, 3.63) is 94.3 Å². The Bertz CT molecular complexity index is 1630. The molecule has 0 heterocycles. The molecular weight excluding hydrogens is 973 g/mol. The van der Waals surface area contributed by atoms with E-state index in [0.717, 1.165) is 36.8 Å². The van der Waals surface area contributed by atoms with Crippen LogP contribution in [-0.4, -0.2) is 24.7 Å². The van der Waals surface area contributed by atoms with Gasteiger partial charge in [0.1, 0.15) is 0 Å². The summed E-state index contributed by atoms with van der Waals surface area (Å²) in [5, 5.41) is 6.60. The van der Waals surface area contributed by atoms with Crippen molar-refractivity contribution < 1.29 is 9.59 Å². The van der Waals surface area contributed by atoms with Gasteiger partial charge in [0.15, 0.2) is 11.6 Å². The SMILES string of the molecule is CCCCCCCCCCCCCCc1ccc(C(=O)/C=C/NCCN/C=C/C(=O)c2ccc(CCCCCCCCCCCCCC)c(CCCCCCCCCCCCCC)c2)cc1CCCCCCCCCCCCCC. The first-order chi connectivity index (χ1) is 39.5. The molecule has 0 bridgehead atoms. The molecule has 0 radical (unpaired) electrons. The van der Waals surface area contributed by atoms with E-state index < -0.39 is 0 Å². The number of nitrogens with one attached hydrogen (secondary N) is 2. The first kappa shape index (κ1) is 73.0. The number of aryl methyl sites for hydroxylation is 4. The summed E-state index contributed by atoms with van der Waals surface area (Å²) >= 11 is 0. The number of allylic oxidation sites excluding steroid dienone is 2. The van der Waals surface area contributed by atoms with Gasteiger partial charge in [0.05, 0.1) is 0 Å². The Hall–Kier alpha value is -3.14. The van der Waals surface area contributed by atoms with Gasteiger partial charge in [-0.2, -0.15) is 0 Å². The van der Waals surface area contributed by atoms with Gasteiger partial charge in [-0.05, 0) is 85.8 Å². The van der Waals surface area contributed by atoms with Crippen molar-refractivity contribution in [2.45, 2.75) is 362 Å². The zero-order valence-electron chi connectivity index (χ0n) is 53.8. The monoisotopic (exact) mass is 1110 g/mol. The molecule has 0 saturated carbocycles. The molecule has 2 aromatic carbocycles. The minimum atomic E-state index is 0.0575. The lowest BCUT2D eigenvalue weighted by atomic mass is 9.93. The fourth-order valence-electron chi connectivity index (χ4n) is 11.9. The number of carbonyl (C=O) groups is 2. The molecule has 0 fully saturated rings. The third kappa shape index (κ3) is 42.6. The molecule has 0 aliphatic heterocycles. The molecular formula is C76H132N2O2. The largest absolute Gasteiger partial charge is 0.389 e. The molecule has 2 aromatic rings. The van der Waals surface area contributed by atoms with Gasteiger partial charge < -0.3 is 10.6 Å². The lowest BCUT2D eigenvalue weighted by Crippen LogP contribution is -2.20. The number of hydrogen-bond acceptors (Lipinski definition) is 4. The zero-order valence-corrected chi connectivity index (χ0v) is 53.8. The standard InChI is InChI=1S/C76H132N2O2/c1-5-9-13-17-21-25-29-33-37-41-45-49-53-69-57-59-73(67-71(69)55-51-47-43-39-35-31-27-23-19-15-11-7-3)75(79)61-63-77-65-66-78-64-62-76(80)74-60-58-70(54-50-46-42-38-34-30-26-22-18-14-10-6-2)72(68-74)56-52-48-44-40-36-32-28-24-20-16-12-8-4/h57-64,67-68,77-78H,5-56,65-66H2,1-4H3/b63-61+,64-62+. The van der Waals surface area contributed by atoms with Gasteiger partial charge >= 0.3 is 0 Å². The molecule has 0 atom stereocenters. The molecule has 4 nitrogen and oxygen atoms in total. The Morgan fingerprint density at radius 1 is 0.275 bits per heavy atom. The van der Waals surface area contributed by atoms with E-state index in [-0.39, 0.29) is 11.6 Å². The number of rotatable bonds is 61. The molecule has 2 rings (SSSR count). The molecule has 0 spiro atoms. The van der Waals surface area contributed by atoms with Crippen LogP contribution in [0.2, 0.25) is 0 Å².